The smallest absolute Gasteiger partial charge is 0.363 e. The molecule has 0 N–H and O–H groups in total. The number of nitrogens with zero attached hydrogens (tertiary/aromatic N) is 2. The molecule has 0 bridgehead atoms. The number of rotatable bonds is 5. The average molecular weight is 468 g/mol. The molecule has 0 aliphatic carbocycles. The molecule has 34 heavy (non-hydrogen) atoms. The minimum absolute atomic E-state index is 0.174. The second-order valence-electron chi connectivity index (χ2n) is 7.65. The Labute approximate surface area is 192 Å². The third-order valence-corrected chi connectivity index (χ3v) is 5.68. The Morgan fingerprint density at radius 3 is 2.41 bits per heavy atom. The van der Waals surface area contributed by atoms with Gasteiger partial charge < -0.3 is 14.2 Å². The molecule has 0 radical (unpaired) electrons. The lowest BCUT2D eigenvalue weighted by Gasteiger charge is -2.25. The summed E-state index contributed by atoms with van der Waals surface area (Å²) in [7, 11) is 1.24. The SMILES string of the molecule is COC(=O)c1ccccc1C1OCCC1n1c(OC(=O)c2ccccc2)c(C)c(=O)n(F)c1=O. The second-order valence-corrected chi connectivity index (χ2v) is 7.65. The van der Waals surface area contributed by atoms with E-state index in [9.17, 15) is 23.7 Å². The van der Waals surface area contributed by atoms with Gasteiger partial charge in [0.25, 0.3) is 5.56 Å². The van der Waals surface area contributed by atoms with Gasteiger partial charge in [-0.3, -0.25) is 9.36 Å². The Morgan fingerprint density at radius 2 is 1.71 bits per heavy atom. The summed E-state index contributed by atoms with van der Waals surface area (Å²) in [6.07, 6.45) is -0.646. The highest BCUT2D eigenvalue weighted by Crippen LogP contribution is 2.41. The molecule has 2 heterocycles. The zero-order valence-corrected chi connectivity index (χ0v) is 18.4. The van der Waals surface area contributed by atoms with E-state index in [4.69, 9.17) is 14.2 Å². The van der Waals surface area contributed by atoms with Gasteiger partial charge in [0.2, 0.25) is 5.88 Å². The first-order valence-corrected chi connectivity index (χ1v) is 10.5. The van der Waals surface area contributed by atoms with E-state index in [0.717, 1.165) is 4.57 Å². The molecule has 0 saturated carbocycles. The fourth-order valence-corrected chi connectivity index (χ4v) is 4.01. The van der Waals surface area contributed by atoms with E-state index in [0.29, 0.717) is 5.56 Å². The maximum Gasteiger partial charge on any atom is 0.363 e. The summed E-state index contributed by atoms with van der Waals surface area (Å²) in [6.45, 7) is 1.43. The lowest BCUT2D eigenvalue weighted by atomic mass is 9.96. The van der Waals surface area contributed by atoms with Gasteiger partial charge in [-0.25, -0.2) is 14.4 Å². The highest BCUT2D eigenvalue weighted by molar-refractivity contribution is 5.91. The monoisotopic (exact) mass is 468 g/mol. The van der Waals surface area contributed by atoms with Gasteiger partial charge in [-0.15, -0.1) is 0 Å². The molecule has 2 unspecified atom stereocenters. The van der Waals surface area contributed by atoms with E-state index in [-0.39, 0.29) is 35.6 Å². The fraction of sp³-hybridized carbons (Fsp3) is 0.250. The molecule has 1 aromatic heterocycles. The Balaban J connectivity index is 1.86. The fourth-order valence-electron chi connectivity index (χ4n) is 4.01. The summed E-state index contributed by atoms with van der Waals surface area (Å²) in [5, 5.41) is 0. The van der Waals surface area contributed by atoms with Crippen LogP contribution in [0.15, 0.2) is 64.2 Å². The zero-order chi connectivity index (χ0) is 24.4. The van der Waals surface area contributed by atoms with Crippen molar-refractivity contribution in [3.63, 3.8) is 0 Å². The number of methoxy groups -OCH3 is 1. The number of carbonyl (C=O) groups is 2. The topological polar surface area (TPSA) is 106 Å². The van der Waals surface area contributed by atoms with Crippen LogP contribution in [0, 0.1) is 6.92 Å². The van der Waals surface area contributed by atoms with Crippen molar-refractivity contribution in [3.8, 4) is 5.88 Å². The number of esters is 2. The summed E-state index contributed by atoms with van der Waals surface area (Å²) >= 11 is 0. The molecular formula is C24H21FN2O7. The van der Waals surface area contributed by atoms with Crippen LogP contribution in [-0.4, -0.2) is 35.0 Å². The van der Waals surface area contributed by atoms with Crippen LogP contribution in [0.4, 0.5) is 4.48 Å². The van der Waals surface area contributed by atoms with Gasteiger partial charge in [-0.05, 0) is 37.1 Å². The number of hydrogen-bond acceptors (Lipinski definition) is 7. The van der Waals surface area contributed by atoms with Gasteiger partial charge in [0.1, 0.15) is 6.10 Å². The van der Waals surface area contributed by atoms with E-state index in [1.165, 1.54) is 26.2 Å². The van der Waals surface area contributed by atoms with Gasteiger partial charge in [0.15, 0.2) is 0 Å². The highest BCUT2D eigenvalue weighted by Gasteiger charge is 2.38. The summed E-state index contributed by atoms with van der Waals surface area (Å²) in [5.41, 5.74) is -2.01. The molecule has 1 aliphatic rings. The summed E-state index contributed by atoms with van der Waals surface area (Å²) < 4.78 is 31.6. The van der Waals surface area contributed by atoms with Gasteiger partial charge in [-0.2, -0.15) is 0 Å². The average Bonchev–Trinajstić information content (AvgIpc) is 3.35. The minimum atomic E-state index is -1.32. The van der Waals surface area contributed by atoms with Gasteiger partial charge in [0.05, 0.1) is 29.8 Å². The Bertz CT molecular complexity index is 1360. The largest absolute Gasteiger partial charge is 0.465 e. The third-order valence-electron chi connectivity index (χ3n) is 5.68. The van der Waals surface area contributed by atoms with Crippen LogP contribution >= 0.6 is 0 Å². The molecule has 0 amide bonds. The van der Waals surface area contributed by atoms with Crippen LogP contribution in [-0.2, 0) is 9.47 Å². The van der Waals surface area contributed by atoms with Crippen LogP contribution < -0.4 is 16.0 Å². The number of benzene rings is 2. The predicted molar refractivity (Wildman–Crippen MR) is 118 cm³/mol. The first kappa shape index (κ1) is 23.1. The quantitative estimate of drug-likeness (QED) is 0.530. The van der Waals surface area contributed by atoms with E-state index in [1.807, 2.05) is 0 Å². The molecule has 1 aliphatic heterocycles. The minimum Gasteiger partial charge on any atom is -0.465 e. The molecule has 0 spiro atoms. The normalized spacial score (nSPS) is 17.4. The second kappa shape index (κ2) is 9.44. The van der Waals surface area contributed by atoms with Crippen LogP contribution in [0.3, 0.4) is 0 Å². The Kier molecular flexibility index (Phi) is 6.42. The number of hydrogen-bond donors (Lipinski definition) is 0. The van der Waals surface area contributed by atoms with Crippen molar-refractivity contribution in [2.75, 3.05) is 13.7 Å². The summed E-state index contributed by atoms with van der Waals surface area (Å²) in [4.78, 5) is 49.8. The molecule has 3 aromatic rings. The molecule has 1 fully saturated rings. The third kappa shape index (κ3) is 4.03. The number of aromatic nitrogens is 2. The predicted octanol–water partition coefficient (Wildman–Crippen LogP) is 2.76. The van der Waals surface area contributed by atoms with Gasteiger partial charge in [-0.1, -0.05) is 45.7 Å². The number of carbonyl (C=O) groups excluding carboxylic acids is 2. The first-order chi connectivity index (χ1) is 16.3. The standard InChI is InChI=1S/C24H21FN2O7/c1-14-20(28)27(25)24(31)26(21(14)34-22(29)15-8-4-3-5-9-15)18-12-13-33-19(18)16-10-6-7-11-17(16)23(30)32-2/h3-11,18-19H,12-13H2,1-2H3. The van der Waals surface area contributed by atoms with Crippen molar-refractivity contribution >= 4 is 11.9 Å². The van der Waals surface area contributed by atoms with Crippen molar-refractivity contribution in [2.24, 2.45) is 0 Å². The van der Waals surface area contributed by atoms with Crippen molar-refractivity contribution in [3.05, 3.63) is 97.7 Å². The van der Waals surface area contributed by atoms with Crippen molar-refractivity contribution in [1.29, 1.82) is 0 Å². The number of ether oxygens (including phenoxy) is 3. The Morgan fingerprint density at radius 1 is 1.03 bits per heavy atom. The van der Waals surface area contributed by atoms with Crippen LogP contribution in [0.1, 0.15) is 50.4 Å². The Hall–Kier alpha value is -4.05. The summed E-state index contributed by atoms with van der Waals surface area (Å²) in [5.74, 6) is -1.81. The molecule has 10 heteroatoms. The lowest BCUT2D eigenvalue weighted by Crippen LogP contribution is -2.41. The maximum atomic E-state index is 14.6. The molecule has 2 aromatic carbocycles. The zero-order valence-electron chi connectivity index (χ0n) is 18.4. The first-order valence-electron chi connectivity index (χ1n) is 10.5. The van der Waals surface area contributed by atoms with Crippen molar-refractivity contribution < 1.29 is 28.3 Å². The molecule has 4 rings (SSSR count). The van der Waals surface area contributed by atoms with Crippen molar-refractivity contribution in [2.45, 2.75) is 25.5 Å². The van der Waals surface area contributed by atoms with Gasteiger partial charge >= 0.3 is 17.6 Å². The molecule has 2 atom stereocenters. The van der Waals surface area contributed by atoms with Crippen LogP contribution in [0.25, 0.3) is 0 Å². The molecule has 176 valence electrons. The van der Waals surface area contributed by atoms with E-state index < -0.39 is 40.1 Å². The van der Waals surface area contributed by atoms with Crippen molar-refractivity contribution in [1.82, 2.24) is 9.36 Å². The molecular weight excluding hydrogens is 447 g/mol. The maximum absolute atomic E-state index is 14.6. The van der Waals surface area contributed by atoms with E-state index in [2.05, 4.69) is 0 Å². The summed E-state index contributed by atoms with van der Waals surface area (Å²) in [6, 6.07) is 13.6. The molecule has 1 saturated heterocycles. The van der Waals surface area contributed by atoms with E-state index >= 15 is 0 Å². The number of halogens is 1. The van der Waals surface area contributed by atoms with Gasteiger partial charge in [0, 0.05) is 6.61 Å². The lowest BCUT2D eigenvalue weighted by molar-refractivity contribution is 0.0576. The highest BCUT2D eigenvalue weighted by atomic mass is 19.2. The van der Waals surface area contributed by atoms with Crippen LogP contribution in [0.2, 0.25) is 0 Å². The van der Waals surface area contributed by atoms with Crippen LogP contribution in [0.5, 0.6) is 5.88 Å². The van der Waals surface area contributed by atoms with E-state index in [1.54, 1.807) is 42.5 Å². The molecule has 9 nitrogen and oxygen atoms in total.